The molecule has 0 atom stereocenters. The Balaban J connectivity index is 1.75. The molecule has 3 aromatic carbocycles. The van der Waals surface area contributed by atoms with Crippen LogP contribution in [0.25, 0.3) is 27.6 Å². The highest BCUT2D eigenvalue weighted by Gasteiger charge is 2.23. The highest BCUT2D eigenvalue weighted by Crippen LogP contribution is 2.29. The quantitative estimate of drug-likeness (QED) is 0.399. The number of carbonyl (C=O) groups excluding carboxylic acids is 1. The molecule has 0 aliphatic carbocycles. The van der Waals surface area contributed by atoms with Gasteiger partial charge in [0.2, 0.25) is 5.91 Å². The van der Waals surface area contributed by atoms with E-state index in [1.807, 2.05) is 6.07 Å². The van der Waals surface area contributed by atoms with Gasteiger partial charge in [-0.15, -0.1) is 0 Å². The lowest BCUT2D eigenvalue weighted by molar-refractivity contribution is -0.116. The molecule has 5 rings (SSSR count). The minimum Gasteiger partial charge on any atom is -0.497 e. The van der Waals surface area contributed by atoms with Crippen molar-refractivity contribution in [2.75, 3.05) is 19.5 Å². The van der Waals surface area contributed by atoms with Gasteiger partial charge in [-0.05, 0) is 42.5 Å². The summed E-state index contributed by atoms with van der Waals surface area (Å²) >= 11 is 0. The van der Waals surface area contributed by atoms with Crippen LogP contribution in [0.3, 0.4) is 0 Å². The van der Waals surface area contributed by atoms with Gasteiger partial charge in [0.15, 0.2) is 0 Å². The molecule has 0 radical (unpaired) electrons. The normalized spacial score (nSPS) is 11.1. The third kappa shape index (κ3) is 3.80. The number of rotatable bonds is 6. The van der Waals surface area contributed by atoms with E-state index in [2.05, 4.69) is 5.32 Å². The maximum atomic E-state index is 13.8. The molecular formula is C27H24N4O5. The van der Waals surface area contributed by atoms with Crippen LogP contribution in [0.2, 0.25) is 0 Å². The van der Waals surface area contributed by atoms with Gasteiger partial charge in [-0.25, -0.2) is 9.36 Å². The zero-order valence-electron chi connectivity index (χ0n) is 20.0. The maximum absolute atomic E-state index is 13.8. The van der Waals surface area contributed by atoms with Crippen molar-refractivity contribution < 1.29 is 14.3 Å². The largest absolute Gasteiger partial charge is 0.497 e. The van der Waals surface area contributed by atoms with Crippen LogP contribution in [0.4, 0.5) is 5.69 Å². The molecule has 5 aromatic rings. The summed E-state index contributed by atoms with van der Waals surface area (Å²) in [5.74, 6) is 0.734. The molecule has 0 bridgehead atoms. The van der Waals surface area contributed by atoms with Gasteiger partial charge >= 0.3 is 5.69 Å². The average Bonchev–Trinajstić information content (AvgIpc) is 3.19. The van der Waals surface area contributed by atoms with Crippen LogP contribution in [0.1, 0.15) is 0 Å². The van der Waals surface area contributed by atoms with Crippen molar-refractivity contribution in [3.05, 3.63) is 93.6 Å². The van der Waals surface area contributed by atoms with Crippen LogP contribution >= 0.6 is 0 Å². The number of nitrogens with one attached hydrogen (secondary N) is 1. The minimum atomic E-state index is -0.616. The van der Waals surface area contributed by atoms with Crippen LogP contribution in [0.5, 0.6) is 11.5 Å². The van der Waals surface area contributed by atoms with Gasteiger partial charge in [-0.2, -0.15) is 0 Å². The van der Waals surface area contributed by atoms with E-state index in [0.29, 0.717) is 39.3 Å². The Morgan fingerprint density at radius 3 is 2.31 bits per heavy atom. The number of hydrogen-bond acceptors (Lipinski definition) is 5. The third-order valence-corrected chi connectivity index (χ3v) is 6.15. The highest BCUT2D eigenvalue weighted by atomic mass is 16.5. The van der Waals surface area contributed by atoms with Gasteiger partial charge < -0.3 is 19.4 Å². The van der Waals surface area contributed by atoms with Crippen LogP contribution < -0.4 is 26.0 Å². The third-order valence-electron chi connectivity index (χ3n) is 6.15. The molecule has 2 aromatic heterocycles. The van der Waals surface area contributed by atoms with Crippen molar-refractivity contribution in [2.45, 2.75) is 6.54 Å². The summed E-state index contributed by atoms with van der Waals surface area (Å²) in [6.45, 7) is -0.310. The Morgan fingerprint density at radius 1 is 0.861 bits per heavy atom. The number of para-hydroxylation sites is 1. The minimum absolute atomic E-state index is 0.302. The molecular weight excluding hydrogens is 460 g/mol. The molecule has 0 aliphatic heterocycles. The number of hydrogen-bond donors (Lipinski definition) is 1. The number of fused-ring (bicyclic) bond motifs is 3. The van der Waals surface area contributed by atoms with Crippen molar-refractivity contribution in [1.82, 2.24) is 13.7 Å². The predicted octanol–water partition coefficient (Wildman–Crippen LogP) is 3.30. The van der Waals surface area contributed by atoms with E-state index in [4.69, 9.17) is 9.47 Å². The number of anilines is 1. The van der Waals surface area contributed by atoms with Crippen molar-refractivity contribution >= 4 is 33.5 Å². The first-order valence-electron chi connectivity index (χ1n) is 11.2. The monoisotopic (exact) mass is 484 g/mol. The van der Waals surface area contributed by atoms with Crippen molar-refractivity contribution in [3.63, 3.8) is 0 Å². The van der Waals surface area contributed by atoms with E-state index >= 15 is 0 Å². The molecule has 0 unspecified atom stereocenters. The molecule has 182 valence electrons. The Bertz CT molecular complexity index is 1730. The van der Waals surface area contributed by atoms with E-state index in [1.165, 1.54) is 4.57 Å². The maximum Gasteiger partial charge on any atom is 0.336 e. The number of benzene rings is 3. The van der Waals surface area contributed by atoms with Gasteiger partial charge in [0.25, 0.3) is 5.56 Å². The number of aryl methyl sites for hydroxylation is 1. The predicted molar refractivity (Wildman–Crippen MR) is 138 cm³/mol. The first-order valence-corrected chi connectivity index (χ1v) is 11.2. The van der Waals surface area contributed by atoms with Crippen LogP contribution in [-0.2, 0) is 18.4 Å². The van der Waals surface area contributed by atoms with E-state index in [9.17, 15) is 14.4 Å². The molecule has 36 heavy (non-hydrogen) atoms. The van der Waals surface area contributed by atoms with Crippen molar-refractivity contribution in [1.29, 1.82) is 0 Å². The van der Waals surface area contributed by atoms with E-state index in [0.717, 1.165) is 10.1 Å². The topological polar surface area (TPSA) is 96.5 Å². The summed E-state index contributed by atoms with van der Waals surface area (Å²) in [7, 11) is 4.85. The van der Waals surface area contributed by atoms with Gasteiger partial charge in [-0.3, -0.25) is 14.2 Å². The van der Waals surface area contributed by atoms with E-state index in [-0.39, 0.29) is 6.54 Å². The zero-order chi connectivity index (χ0) is 25.4. The molecule has 0 spiro atoms. The lowest BCUT2D eigenvalue weighted by Crippen LogP contribution is -2.41. The molecule has 0 aliphatic rings. The molecule has 0 saturated heterocycles. The molecule has 2 heterocycles. The summed E-state index contributed by atoms with van der Waals surface area (Å²) in [5, 5.41) is 3.45. The van der Waals surface area contributed by atoms with E-state index in [1.54, 1.807) is 92.6 Å². The summed E-state index contributed by atoms with van der Waals surface area (Å²) in [4.78, 5) is 40.6. The smallest absolute Gasteiger partial charge is 0.336 e. The van der Waals surface area contributed by atoms with Crippen molar-refractivity contribution in [2.24, 2.45) is 7.05 Å². The summed E-state index contributed by atoms with van der Waals surface area (Å²) < 4.78 is 14.8. The number of ether oxygens (including phenoxy) is 2. The molecule has 1 amide bonds. The lowest BCUT2D eigenvalue weighted by Gasteiger charge is -2.14. The Morgan fingerprint density at radius 2 is 1.58 bits per heavy atom. The standard InChI is InChI=1S/C27H24N4O5/c1-29-22-13-12-20(36-3)15-21(22)24-25(29)26(33)31(18-9-5-4-6-10-18)27(34)30(24)16-23(32)28-17-8-7-11-19(14-17)35-2/h4-15H,16H2,1-3H3,(H,28,32). The fourth-order valence-corrected chi connectivity index (χ4v) is 4.45. The summed E-state index contributed by atoms with van der Waals surface area (Å²) in [6.07, 6.45) is 0. The summed E-state index contributed by atoms with van der Waals surface area (Å²) in [6, 6.07) is 21.0. The summed E-state index contributed by atoms with van der Waals surface area (Å²) in [5.41, 5.74) is 1.26. The molecule has 9 heteroatoms. The Hall–Kier alpha value is -4.79. The first kappa shape index (κ1) is 23.0. The number of methoxy groups -OCH3 is 2. The number of aromatic nitrogens is 3. The molecule has 0 fully saturated rings. The Labute approximate surface area is 205 Å². The SMILES string of the molecule is COc1cccc(NC(=O)Cn2c(=O)n(-c3ccccc3)c(=O)c3c2c2cc(OC)ccc2n3C)c1. The second-order valence-electron chi connectivity index (χ2n) is 8.26. The molecule has 1 N–H and O–H groups in total. The molecule has 0 saturated carbocycles. The van der Waals surface area contributed by atoms with Gasteiger partial charge in [0.1, 0.15) is 23.6 Å². The Kier molecular flexibility index (Phi) is 5.81. The second-order valence-corrected chi connectivity index (χ2v) is 8.26. The van der Waals surface area contributed by atoms with E-state index < -0.39 is 17.2 Å². The number of carbonyl (C=O) groups is 1. The highest BCUT2D eigenvalue weighted by molar-refractivity contribution is 6.07. The number of nitrogens with zero attached hydrogens (tertiary/aromatic N) is 3. The molecule has 9 nitrogen and oxygen atoms in total. The van der Waals surface area contributed by atoms with Crippen LogP contribution in [-0.4, -0.2) is 33.8 Å². The lowest BCUT2D eigenvalue weighted by atomic mass is 10.2. The fourth-order valence-electron chi connectivity index (χ4n) is 4.45. The second kappa shape index (κ2) is 9.10. The van der Waals surface area contributed by atoms with Crippen molar-refractivity contribution in [3.8, 4) is 17.2 Å². The number of amides is 1. The first-order chi connectivity index (χ1) is 17.4. The van der Waals surface area contributed by atoms with Gasteiger partial charge in [0, 0.05) is 24.2 Å². The van der Waals surface area contributed by atoms with Crippen LogP contribution in [0.15, 0.2) is 82.4 Å². The zero-order valence-corrected chi connectivity index (χ0v) is 20.0. The fraction of sp³-hybridized carbons (Fsp3) is 0.148. The van der Waals surface area contributed by atoms with Gasteiger partial charge in [0.05, 0.1) is 30.9 Å². The van der Waals surface area contributed by atoms with Crippen LogP contribution in [0, 0.1) is 0 Å². The average molecular weight is 485 g/mol. The van der Waals surface area contributed by atoms with Gasteiger partial charge in [-0.1, -0.05) is 24.3 Å².